The highest BCUT2D eigenvalue weighted by Crippen LogP contribution is 2.30. The van der Waals surface area contributed by atoms with E-state index < -0.39 is 15.9 Å². The Morgan fingerprint density at radius 2 is 1.74 bits per heavy atom. The Bertz CT molecular complexity index is 1350. The second-order valence-corrected chi connectivity index (χ2v) is 12.3. The van der Waals surface area contributed by atoms with Crippen molar-refractivity contribution in [3.63, 3.8) is 0 Å². The summed E-state index contributed by atoms with van der Waals surface area (Å²) in [6.45, 7) is 1.73. The SMILES string of the molecule is O=C(Nc1nnc(SCC(=O)N2CCc3ccccc32)s1)c1ccc(S(=O)(=O)N2CCCC2)cc1. The fraction of sp³-hybridized carbons (Fsp3) is 0.304. The number of aromatic nitrogens is 2. The van der Waals surface area contributed by atoms with Gasteiger partial charge in [0.1, 0.15) is 0 Å². The van der Waals surface area contributed by atoms with E-state index in [9.17, 15) is 18.0 Å². The summed E-state index contributed by atoms with van der Waals surface area (Å²) in [5.41, 5.74) is 2.45. The Morgan fingerprint density at radius 1 is 1.00 bits per heavy atom. The van der Waals surface area contributed by atoms with Gasteiger partial charge in [-0.15, -0.1) is 10.2 Å². The number of para-hydroxylation sites is 1. The molecule has 5 rings (SSSR count). The number of hydrogen-bond acceptors (Lipinski definition) is 8. The lowest BCUT2D eigenvalue weighted by atomic mass is 10.2. The first-order valence-electron chi connectivity index (χ1n) is 11.2. The molecule has 0 spiro atoms. The highest BCUT2D eigenvalue weighted by molar-refractivity contribution is 8.01. The quantitative estimate of drug-likeness (QED) is 0.369. The third kappa shape index (κ3) is 5.10. The highest BCUT2D eigenvalue weighted by Gasteiger charge is 2.27. The number of nitrogens with zero attached hydrogens (tertiary/aromatic N) is 4. The molecule has 3 heterocycles. The van der Waals surface area contributed by atoms with Gasteiger partial charge in [-0.3, -0.25) is 14.9 Å². The first-order chi connectivity index (χ1) is 16.9. The number of benzene rings is 2. The Kier molecular flexibility index (Phi) is 6.87. The number of sulfonamides is 1. The smallest absolute Gasteiger partial charge is 0.257 e. The van der Waals surface area contributed by atoms with Crippen molar-refractivity contribution in [1.29, 1.82) is 0 Å². The van der Waals surface area contributed by atoms with Gasteiger partial charge in [0, 0.05) is 30.9 Å². The lowest BCUT2D eigenvalue weighted by Crippen LogP contribution is -2.30. The van der Waals surface area contributed by atoms with Crippen LogP contribution in [-0.2, 0) is 21.2 Å². The van der Waals surface area contributed by atoms with Crippen molar-refractivity contribution in [2.24, 2.45) is 0 Å². The number of amides is 2. The molecule has 12 heteroatoms. The Morgan fingerprint density at radius 3 is 2.51 bits per heavy atom. The van der Waals surface area contributed by atoms with E-state index in [-0.39, 0.29) is 16.6 Å². The van der Waals surface area contributed by atoms with Gasteiger partial charge >= 0.3 is 0 Å². The normalized spacial score (nSPS) is 15.8. The summed E-state index contributed by atoms with van der Waals surface area (Å²) in [4.78, 5) is 27.2. The fourth-order valence-electron chi connectivity index (χ4n) is 4.14. The predicted molar refractivity (Wildman–Crippen MR) is 136 cm³/mol. The van der Waals surface area contributed by atoms with Crippen molar-refractivity contribution in [3.8, 4) is 0 Å². The van der Waals surface area contributed by atoms with Crippen molar-refractivity contribution in [3.05, 3.63) is 59.7 Å². The van der Waals surface area contributed by atoms with Crippen molar-refractivity contribution >= 4 is 55.8 Å². The second-order valence-electron chi connectivity index (χ2n) is 8.18. The lowest BCUT2D eigenvalue weighted by molar-refractivity contribution is -0.116. The van der Waals surface area contributed by atoms with Crippen LogP contribution in [0.3, 0.4) is 0 Å². The van der Waals surface area contributed by atoms with Crippen LogP contribution >= 0.6 is 23.1 Å². The molecule has 0 saturated carbocycles. The highest BCUT2D eigenvalue weighted by atomic mass is 32.2. The summed E-state index contributed by atoms with van der Waals surface area (Å²) in [5, 5.41) is 11.0. The fourth-order valence-corrected chi connectivity index (χ4v) is 7.28. The third-order valence-corrected chi connectivity index (χ3v) is 9.82. The average Bonchev–Trinajstić information content (AvgIpc) is 3.64. The zero-order chi connectivity index (χ0) is 24.4. The molecule has 2 amide bonds. The van der Waals surface area contributed by atoms with Gasteiger partial charge in [-0.25, -0.2) is 8.42 Å². The zero-order valence-corrected chi connectivity index (χ0v) is 21.2. The molecular formula is C23H23N5O4S3. The summed E-state index contributed by atoms with van der Waals surface area (Å²) in [7, 11) is -3.53. The average molecular weight is 530 g/mol. The van der Waals surface area contributed by atoms with Gasteiger partial charge in [0.2, 0.25) is 21.1 Å². The molecule has 3 aromatic rings. The predicted octanol–water partition coefficient (Wildman–Crippen LogP) is 3.26. The van der Waals surface area contributed by atoms with E-state index in [0.29, 0.717) is 34.7 Å². The number of nitrogens with one attached hydrogen (secondary N) is 1. The van der Waals surface area contributed by atoms with E-state index in [4.69, 9.17) is 0 Å². The maximum absolute atomic E-state index is 12.7. The number of hydrogen-bond donors (Lipinski definition) is 1. The number of thioether (sulfide) groups is 1. The summed E-state index contributed by atoms with van der Waals surface area (Å²) in [6.07, 6.45) is 2.58. The van der Waals surface area contributed by atoms with E-state index in [1.807, 2.05) is 24.3 Å². The molecule has 2 aromatic carbocycles. The zero-order valence-electron chi connectivity index (χ0n) is 18.7. The molecular weight excluding hydrogens is 506 g/mol. The Labute approximate surface area is 211 Å². The maximum atomic E-state index is 12.7. The molecule has 1 aromatic heterocycles. The molecule has 2 aliphatic rings. The van der Waals surface area contributed by atoms with Gasteiger partial charge in [0.15, 0.2) is 4.34 Å². The number of carbonyl (C=O) groups is 2. The molecule has 9 nitrogen and oxygen atoms in total. The first-order valence-corrected chi connectivity index (χ1v) is 14.4. The Balaban J connectivity index is 1.16. The van der Waals surface area contributed by atoms with Crippen LogP contribution in [0.2, 0.25) is 0 Å². The Hall–Kier alpha value is -2.80. The molecule has 0 unspecified atom stereocenters. The monoisotopic (exact) mass is 529 g/mol. The van der Waals surface area contributed by atoms with Gasteiger partial charge in [0.05, 0.1) is 10.6 Å². The maximum Gasteiger partial charge on any atom is 0.257 e. The molecule has 0 atom stereocenters. The van der Waals surface area contributed by atoms with Crippen LogP contribution in [-0.4, -0.2) is 60.1 Å². The van der Waals surface area contributed by atoms with Gasteiger partial charge in [-0.05, 0) is 55.2 Å². The lowest BCUT2D eigenvalue weighted by Gasteiger charge is -2.16. The molecule has 182 valence electrons. The number of carbonyl (C=O) groups excluding carboxylic acids is 2. The van der Waals surface area contributed by atoms with Crippen LogP contribution in [0, 0.1) is 0 Å². The third-order valence-electron chi connectivity index (χ3n) is 5.95. The molecule has 1 saturated heterocycles. The van der Waals surface area contributed by atoms with Crippen LogP contribution in [0.1, 0.15) is 28.8 Å². The van der Waals surface area contributed by atoms with Crippen LogP contribution in [0.25, 0.3) is 0 Å². The van der Waals surface area contributed by atoms with Crippen LogP contribution in [0.4, 0.5) is 10.8 Å². The second kappa shape index (κ2) is 10.1. The molecule has 0 aliphatic carbocycles. The number of fused-ring (bicyclic) bond motifs is 1. The van der Waals surface area contributed by atoms with Crippen molar-refractivity contribution in [1.82, 2.24) is 14.5 Å². The molecule has 1 N–H and O–H groups in total. The number of anilines is 2. The van der Waals surface area contributed by atoms with Crippen LogP contribution in [0.15, 0.2) is 57.8 Å². The minimum absolute atomic E-state index is 0.00436. The summed E-state index contributed by atoms with van der Waals surface area (Å²) in [5.74, 6) is -0.179. The molecule has 0 radical (unpaired) electrons. The minimum Gasteiger partial charge on any atom is -0.311 e. The largest absolute Gasteiger partial charge is 0.311 e. The van der Waals surface area contributed by atoms with Crippen LogP contribution < -0.4 is 10.2 Å². The van der Waals surface area contributed by atoms with Crippen molar-refractivity contribution in [2.75, 3.05) is 35.6 Å². The number of rotatable bonds is 7. The molecule has 0 bridgehead atoms. The molecule has 2 aliphatic heterocycles. The standard InChI is InChI=1S/C23H23N5O4S3/c29-20(28-14-11-16-5-1-2-6-19(16)28)15-33-23-26-25-22(34-23)24-21(30)17-7-9-18(10-8-17)35(31,32)27-12-3-4-13-27/h1-2,5-10H,3-4,11-15H2,(H,24,25,30). The summed E-state index contributed by atoms with van der Waals surface area (Å²) >= 11 is 2.47. The van der Waals surface area contributed by atoms with Gasteiger partial charge in [-0.1, -0.05) is 41.3 Å². The van der Waals surface area contributed by atoms with Gasteiger partial charge in [0.25, 0.3) is 5.91 Å². The van der Waals surface area contributed by atoms with E-state index >= 15 is 0 Å². The molecule has 1 fully saturated rings. The summed E-state index contributed by atoms with van der Waals surface area (Å²) < 4.78 is 27.3. The van der Waals surface area contributed by atoms with E-state index in [1.54, 1.807) is 4.90 Å². The minimum atomic E-state index is -3.53. The topological polar surface area (TPSA) is 113 Å². The van der Waals surface area contributed by atoms with Crippen molar-refractivity contribution < 1.29 is 18.0 Å². The van der Waals surface area contributed by atoms with Crippen molar-refractivity contribution in [2.45, 2.75) is 28.5 Å². The summed E-state index contributed by atoms with van der Waals surface area (Å²) in [6, 6.07) is 13.8. The van der Waals surface area contributed by atoms with E-state index in [1.165, 1.54) is 57.2 Å². The van der Waals surface area contributed by atoms with E-state index in [0.717, 1.165) is 24.9 Å². The first kappa shape index (κ1) is 23.9. The molecule has 35 heavy (non-hydrogen) atoms. The van der Waals surface area contributed by atoms with Gasteiger partial charge in [-0.2, -0.15) is 4.31 Å². The van der Waals surface area contributed by atoms with Crippen LogP contribution in [0.5, 0.6) is 0 Å². The van der Waals surface area contributed by atoms with Gasteiger partial charge < -0.3 is 4.90 Å². The van der Waals surface area contributed by atoms with E-state index in [2.05, 4.69) is 15.5 Å².